The zero-order valence-electron chi connectivity index (χ0n) is 15.0. The zero-order chi connectivity index (χ0) is 18.9. The molecule has 0 aromatic heterocycles. The molecular weight excluding hydrogens is 336 g/mol. The lowest BCUT2D eigenvalue weighted by Crippen LogP contribution is -2.27. The molecule has 0 fully saturated rings. The van der Waals surface area contributed by atoms with Crippen molar-refractivity contribution in [3.8, 4) is 17.2 Å². The van der Waals surface area contributed by atoms with Crippen molar-refractivity contribution in [3.63, 3.8) is 0 Å². The normalized spacial score (nSPS) is 9.96. The summed E-state index contributed by atoms with van der Waals surface area (Å²) in [6.45, 7) is 0.203. The molecule has 0 bridgehead atoms. The third-order valence-corrected chi connectivity index (χ3v) is 3.60. The van der Waals surface area contributed by atoms with Crippen molar-refractivity contribution in [2.75, 3.05) is 33.2 Å². The number of carbonyl (C=O) groups excluding carboxylic acids is 2. The van der Waals surface area contributed by atoms with E-state index in [1.54, 1.807) is 49.6 Å². The predicted octanol–water partition coefficient (Wildman–Crippen LogP) is 2.47. The molecule has 2 aromatic rings. The summed E-state index contributed by atoms with van der Waals surface area (Å²) in [5.41, 5.74) is 1.03. The third kappa shape index (κ3) is 5.41. The second-order valence-corrected chi connectivity index (χ2v) is 5.39. The standard InChI is InChI=1S/C19H22N2O5/c1-24-15-6-4-5-14(11-15)21-18(22)7-8-20-19(23)13-9-16(25-2)12-17(10-13)26-3/h4-6,9-12H,7-8H2,1-3H3,(H,20,23)(H,21,22). The average molecular weight is 358 g/mol. The molecule has 0 aliphatic heterocycles. The molecule has 0 atom stereocenters. The predicted molar refractivity (Wildman–Crippen MR) is 98.1 cm³/mol. The van der Waals surface area contributed by atoms with Crippen molar-refractivity contribution in [2.24, 2.45) is 0 Å². The third-order valence-electron chi connectivity index (χ3n) is 3.60. The van der Waals surface area contributed by atoms with Gasteiger partial charge in [0.25, 0.3) is 5.91 Å². The Bertz CT molecular complexity index is 754. The van der Waals surface area contributed by atoms with E-state index in [0.29, 0.717) is 28.5 Å². The quantitative estimate of drug-likeness (QED) is 0.757. The monoisotopic (exact) mass is 358 g/mol. The van der Waals surface area contributed by atoms with Gasteiger partial charge >= 0.3 is 0 Å². The van der Waals surface area contributed by atoms with Gasteiger partial charge in [-0.15, -0.1) is 0 Å². The van der Waals surface area contributed by atoms with Crippen LogP contribution in [0.1, 0.15) is 16.8 Å². The Hall–Kier alpha value is -3.22. The average Bonchev–Trinajstić information content (AvgIpc) is 2.67. The maximum atomic E-state index is 12.2. The van der Waals surface area contributed by atoms with Gasteiger partial charge in [-0.3, -0.25) is 9.59 Å². The van der Waals surface area contributed by atoms with Gasteiger partial charge in [0.1, 0.15) is 17.2 Å². The number of benzene rings is 2. The van der Waals surface area contributed by atoms with E-state index >= 15 is 0 Å². The van der Waals surface area contributed by atoms with Crippen LogP contribution in [0.3, 0.4) is 0 Å². The fourth-order valence-corrected chi connectivity index (χ4v) is 2.25. The molecule has 26 heavy (non-hydrogen) atoms. The summed E-state index contributed by atoms with van der Waals surface area (Å²) in [4.78, 5) is 24.2. The number of methoxy groups -OCH3 is 3. The largest absolute Gasteiger partial charge is 0.497 e. The minimum absolute atomic E-state index is 0.143. The Morgan fingerprint density at radius 2 is 1.54 bits per heavy atom. The van der Waals surface area contributed by atoms with Crippen LogP contribution in [0.15, 0.2) is 42.5 Å². The smallest absolute Gasteiger partial charge is 0.251 e. The lowest BCUT2D eigenvalue weighted by Gasteiger charge is -2.10. The molecule has 0 unspecified atom stereocenters. The van der Waals surface area contributed by atoms with Crippen LogP contribution in [0.2, 0.25) is 0 Å². The number of ether oxygens (including phenoxy) is 3. The fourth-order valence-electron chi connectivity index (χ4n) is 2.25. The van der Waals surface area contributed by atoms with Crippen LogP contribution >= 0.6 is 0 Å². The first kappa shape index (κ1) is 19.1. The minimum atomic E-state index is -0.309. The van der Waals surface area contributed by atoms with Crippen molar-refractivity contribution in [1.82, 2.24) is 5.32 Å². The highest BCUT2D eigenvalue weighted by Gasteiger charge is 2.10. The van der Waals surface area contributed by atoms with E-state index in [1.165, 1.54) is 14.2 Å². The Morgan fingerprint density at radius 1 is 0.885 bits per heavy atom. The van der Waals surface area contributed by atoms with Gasteiger partial charge in [-0.1, -0.05) is 6.07 Å². The van der Waals surface area contributed by atoms with Gasteiger partial charge in [0.2, 0.25) is 5.91 Å². The first-order valence-corrected chi connectivity index (χ1v) is 8.01. The van der Waals surface area contributed by atoms with Gasteiger partial charge in [0.15, 0.2) is 0 Å². The Morgan fingerprint density at radius 3 is 2.15 bits per heavy atom. The summed E-state index contributed by atoms with van der Waals surface area (Å²) < 4.78 is 15.4. The molecule has 0 spiro atoms. The molecule has 0 aliphatic carbocycles. The molecule has 2 N–H and O–H groups in total. The Labute approximate surface area is 152 Å². The molecule has 7 heteroatoms. The van der Waals surface area contributed by atoms with Crippen molar-refractivity contribution < 1.29 is 23.8 Å². The Kier molecular flexibility index (Phi) is 6.84. The highest BCUT2D eigenvalue weighted by molar-refractivity contribution is 5.96. The number of amides is 2. The summed E-state index contributed by atoms with van der Waals surface area (Å²) in [5, 5.41) is 5.46. The van der Waals surface area contributed by atoms with E-state index < -0.39 is 0 Å². The number of hydrogen-bond acceptors (Lipinski definition) is 5. The first-order chi connectivity index (χ1) is 12.5. The van der Waals surface area contributed by atoms with Crippen LogP contribution in [-0.2, 0) is 4.79 Å². The number of nitrogens with one attached hydrogen (secondary N) is 2. The molecular formula is C19H22N2O5. The van der Waals surface area contributed by atoms with E-state index in [9.17, 15) is 9.59 Å². The number of carbonyl (C=O) groups is 2. The zero-order valence-corrected chi connectivity index (χ0v) is 15.0. The van der Waals surface area contributed by atoms with E-state index in [1.807, 2.05) is 0 Å². The molecule has 2 rings (SSSR count). The van der Waals surface area contributed by atoms with Gasteiger partial charge in [-0.2, -0.15) is 0 Å². The molecule has 0 aliphatic rings. The molecule has 0 heterocycles. The summed E-state index contributed by atoms with van der Waals surface area (Å²) >= 11 is 0. The van der Waals surface area contributed by atoms with Gasteiger partial charge in [-0.05, 0) is 24.3 Å². The molecule has 138 valence electrons. The van der Waals surface area contributed by atoms with Crippen molar-refractivity contribution in [2.45, 2.75) is 6.42 Å². The summed E-state index contributed by atoms with van der Waals surface area (Å²) in [7, 11) is 4.59. The number of rotatable bonds is 8. The van der Waals surface area contributed by atoms with Crippen molar-refractivity contribution in [1.29, 1.82) is 0 Å². The van der Waals surface area contributed by atoms with Crippen molar-refractivity contribution in [3.05, 3.63) is 48.0 Å². The molecule has 0 saturated carbocycles. The van der Waals surface area contributed by atoms with Crippen LogP contribution in [0.5, 0.6) is 17.2 Å². The van der Waals surface area contributed by atoms with E-state index in [-0.39, 0.29) is 24.8 Å². The second-order valence-electron chi connectivity index (χ2n) is 5.39. The van der Waals surface area contributed by atoms with Crippen molar-refractivity contribution >= 4 is 17.5 Å². The summed E-state index contributed by atoms with van der Waals surface area (Å²) in [6.07, 6.45) is 0.143. The fraction of sp³-hybridized carbons (Fsp3) is 0.263. The van der Waals surface area contributed by atoms with Gasteiger partial charge < -0.3 is 24.8 Å². The maximum Gasteiger partial charge on any atom is 0.251 e. The topological polar surface area (TPSA) is 85.9 Å². The minimum Gasteiger partial charge on any atom is -0.497 e. The molecule has 7 nitrogen and oxygen atoms in total. The summed E-state index contributed by atoms with van der Waals surface area (Å²) in [6, 6.07) is 12.0. The van der Waals surface area contributed by atoms with Gasteiger partial charge in [-0.25, -0.2) is 0 Å². The second kappa shape index (κ2) is 9.31. The van der Waals surface area contributed by atoms with E-state index in [4.69, 9.17) is 14.2 Å². The maximum absolute atomic E-state index is 12.2. The molecule has 0 radical (unpaired) electrons. The molecule has 0 saturated heterocycles. The number of hydrogen-bond donors (Lipinski definition) is 2. The van der Waals surface area contributed by atoms with Crippen LogP contribution in [-0.4, -0.2) is 39.7 Å². The highest BCUT2D eigenvalue weighted by atomic mass is 16.5. The van der Waals surface area contributed by atoms with Crippen LogP contribution in [0, 0.1) is 0 Å². The lowest BCUT2D eigenvalue weighted by atomic mass is 10.2. The molecule has 2 aromatic carbocycles. The van der Waals surface area contributed by atoms with E-state index in [0.717, 1.165) is 0 Å². The molecule has 2 amide bonds. The van der Waals surface area contributed by atoms with Gasteiger partial charge in [0.05, 0.1) is 21.3 Å². The van der Waals surface area contributed by atoms with Crippen LogP contribution in [0.25, 0.3) is 0 Å². The lowest BCUT2D eigenvalue weighted by molar-refractivity contribution is -0.116. The van der Waals surface area contributed by atoms with E-state index in [2.05, 4.69) is 10.6 Å². The van der Waals surface area contributed by atoms with Crippen LogP contribution < -0.4 is 24.8 Å². The van der Waals surface area contributed by atoms with Crippen LogP contribution in [0.4, 0.5) is 5.69 Å². The Balaban J connectivity index is 1.86. The van der Waals surface area contributed by atoms with Gasteiger partial charge in [0, 0.05) is 36.3 Å². The number of anilines is 1. The first-order valence-electron chi connectivity index (χ1n) is 8.01. The SMILES string of the molecule is COc1cccc(NC(=O)CCNC(=O)c2cc(OC)cc(OC)c2)c1. The summed E-state index contributed by atoms with van der Waals surface area (Å²) in [5.74, 6) is 1.18. The highest BCUT2D eigenvalue weighted by Crippen LogP contribution is 2.22.